The first-order valence-corrected chi connectivity index (χ1v) is 4.25. The van der Waals surface area contributed by atoms with Crippen molar-refractivity contribution in [1.29, 1.82) is 0 Å². The molecule has 0 spiro atoms. The van der Waals surface area contributed by atoms with Crippen LogP contribution in [0.25, 0.3) is 0 Å². The quantitative estimate of drug-likeness (QED) is 0.483. The van der Waals surface area contributed by atoms with Gasteiger partial charge < -0.3 is 0 Å². The lowest BCUT2D eigenvalue weighted by Crippen LogP contribution is -2.49. The monoisotopic (exact) mass is 132 g/mol. The molecule has 2 atom stereocenters. The minimum atomic E-state index is -0.532. The van der Waals surface area contributed by atoms with Gasteiger partial charge in [-0.25, -0.2) is 0 Å². The standard InChI is InChI=1S/C6H12OS/c1-5-4-8(7)6(5,2)3/h5H,4H2,1-3H3. The van der Waals surface area contributed by atoms with E-state index in [-0.39, 0.29) is 4.75 Å². The van der Waals surface area contributed by atoms with Crippen molar-refractivity contribution in [3.63, 3.8) is 0 Å². The van der Waals surface area contributed by atoms with E-state index in [0.717, 1.165) is 5.75 Å². The highest BCUT2D eigenvalue weighted by atomic mass is 32.2. The molecule has 1 saturated heterocycles. The summed E-state index contributed by atoms with van der Waals surface area (Å²) in [5.74, 6) is 1.57. The smallest absolute Gasteiger partial charge is 0.0437 e. The molecule has 0 aromatic heterocycles. The molecule has 1 nitrogen and oxygen atoms in total. The van der Waals surface area contributed by atoms with Gasteiger partial charge >= 0.3 is 0 Å². The Kier molecular flexibility index (Phi) is 1.23. The first-order valence-electron chi connectivity index (χ1n) is 2.93. The molecule has 1 aliphatic rings. The third-order valence-corrected chi connectivity index (χ3v) is 4.55. The maximum Gasteiger partial charge on any atom is 0.0437 e. The van der Waals surface area contributed by atoms with E-state index in [0.29, 0.717) is 5.92 Å². The van der Waals surface area contributed by atoms with Crippen LogP contribution in [0.5, 0.6) is 0 Å². The van der Waals surface area contributed by atoms with E-state index in [4.69, 9.17) is 0 Å². The van der Waals surface area contributed by atoms with Gasteiger partial charge in [0.05, 0.1) is 0 Å². The molecule has 1 rings (SSSR count). The fraction of sp³-hybridized carbons (Fsp3) is 1.00. The van der Waals surface area contributed by atoms with Crippen LogP contribution in [-0.4, -0.2) is 14.7 Å². The Morgan fingerprint density at radius 2 is 2.12 bits per heavy atom. The fourth-order valence-electron chi connectivity index (χ4n) is 0.768. The molecule has 0 aromatic rings. The molecule has 0 bridgehead atoms. The summed E-state index contributed by atoms with van der Waals surface area (Å²) in [5.41, 5.74) is 0. The van der Waals surface area contributed by atoms with Crippen LogP contribution >= 0.6 is 0 Å². The van der Waals surface area contributed by atoms with E-state index in [1.54, 1.807) is 0 Å². The van der Waals surface area contributed by atoms with E-state index >= 15 is 0 Å². The lowest BCUT2D eigenvalue weighted by Gasteiger charge is -2.40. The van der Waals surface area contributed by atoms with E-state index in [1.807, 2.05) is 0 Å². The second-order valence-electron chi connectivity index (χ2n) is 3.02. The van der Waals surface area contributed by atoms with Crippen LogP contribution in [0.4, 0.5) is 0 Å². The SMILES string of the molecule is CC1CS(=O)C1(C)C. The molecule has 0 saturated carbocycles. The van der Waals surface area contributed by atoms with E-state index in [9.17, 15) is 4.21 Å². The number of hydrogen-bond acceptors (Lipinski definition) is 1. The summed E-state index contributed by atoms with van der Waals surface area (Å²) in [7, 11) is -0.532. The molecular formula is C6H12OS. The van der Waals surface area contributed by atoms with E-state index in [1.165, 1.54) is 0 Å². The van der Waals surface area contributed by atoms with Gasteiger partial charge in [-0.2, -0.15) is 0 Å². The molecule has 0 amide bonds. The van der Waals surface area contributed by atoms with E-state index < -0.39 is 10.8 Å². The molecule has 8 heavy (non-hydrogen) atoms. The summed E-state index contributed by atoms with van der Waals surface area (Å²) in [5, 5.41) is 0. The normalized spacial score (nSPS) is 43.4. The summed E-state index contributed by atoms with van der Waals surface area (Å²) in [6.45, 7) is 6.29. The van der Waals surface area contributed by atoms with Crippen molar-refractivity contribution in [2.24, 2.45) is 5.92 Å². The molecule has 0 aliphatic carbocycles. The highest BCUT2D eigenvalue weighted by Gasteiger charge is 2.42. The number of hydrogen-bond donors (Lipinski definition) is 0. The molecular weight excluding hydrogens is 120 g/mol. The largest absolute Gasteiger partial charge is 0.259 e. The van der Waals surface area contributed by atoms with Gasteiger partial charge in [-0.3, -0.25) is 4.21 Å². The molecule has 0 aromatic carbocycles. The molecule has 1 heterocycles. The zero-order chi connectivity index (χ0) is 6.36. The van der Waals surface area contributed by atoms with Gasteiger partial charge in [-0.1, -0.05) is 6.92 Å². The van der Waals surface area contributed by atoms with Crippen molar-refractivity contribution in [2.45, 2.75) is 25.5 Å². The van der Waals surface area contributed by atoms with Crippen molar-refractivity contribution in [1.82, 2.24) is 0 Å². The first kappa shape index (κ1) is 6.27. The van der Waals surface area contributed by atoms with Gasteiger partial charge in [-0.05, 0) is 19.8 Å². The summed E-state index contributed by atoms with van der Waals surface area (Å²) in [6.07, 6.45) is 0. The summed E-state index contributed by atoms with van der Waals surface area (Å²) in [6, 6.07) is 0. The molecule has 1 aliphatic heterocycles. The van der Waals surface area contributed by atoms with Crippen LogP contribution in [0.15, 0.2) is 0 Å². The minimum absolute atomic E-state index is 0.111. The Balaban J connectivity index is 2.66. The van der Waals surface area contributed by atoms with Crippen LogP contribution in [0.2, 0.25) is 0 Å². The number of rotatable bonds is 0. The topological polar surface area (TPSA) is 17.1 Å². The molecule has 0 N–H and O–H groups in total. The fourth-order valence-corrected chi connectivity index (χ4v) is 2.30. The zero-order valence-corrected chi connectivity index (χ0v) is 6.42. The van der Waals surface area contributed by atoms with Crippen LogP contribution in [0.1, 0.15) is 20.8 Å². The molecule has 0 radical (unpaired) electrons. The Labute approximate surface area is 52.9 Å². The predicted molar refractivity (Wildman–Crippen MR) is 36.3 cm³/mol. The van der Waals surface area contributed by atoms with Crippen molar-refractivity contribution in [3.05, 3.63) is 0 Å². The van der Waals surface area contributed by atoms with Crippen molar-refractivity contribution >= 4 is 10.8 Å². The van der Waals surface area contributed by atoms with Gasteiger partial charge in [0.2, 0.25) is 0 Å². The first-order chi connectivity index (χ1) is 3.55. The Bertz CT molecular complexity index is 128. The van der Waals surface area contributed by atoms with Crippen molar-refractivity contribution in [2.75, 3.05) is 5.75 Å². The van der Waals surface area contributed by atoms with Crippen molar-refractivity contribution < 1.29 is 4.21 Å². The van der Waals surface area contributed by atoms with Gasteiger partial charge in [0.1, 0.15) is 0 Å². The minimum Gasteiger partial charge on any atom is -0.259 e. The summed E-state index contributed by atoms with van der Waals surface area (Å²) >= 11 is 0. The molecule has 1 fully saturated rings. The van der Waals surface area contributed by atoms with Gasteiger partial charge in [0, 0.05) is 21.3 Å². The third kappa shape index (κ3) is 0.625. The highest BCUT2D eigenvalue weighted by molar-refractivity contribution is 7.87. The average Bonchev–Trinajstić information content (AvgIpc) is 1.68. The van der Waals surface area contributed by atoms with Crippen LogP contribution in [0.3, 0.4) is 0 Å². The predicted octanol–water partition coefficient (Wildman–Crippen LogP) is 1.16. The summed E-state index contributed by atoms with van der Waals surface area (Å²) in [4.78, 5) is 0. The lowest BCUT2D eigenvalue weighted by molar-refractivity contribution is 0.437. The Morgan fingerprint density at radius 1 is 1.62 bits per heavy atom. The van der Waals surface area contributed by atoms with Gasteiger partial charge in [0.25, 0.3) is 0 Å². The van der Waals surface area contributed by atoms with Crippen LogP contribution < -0.4 is 0 Å². The second kappa shape index (κ2) is 1.56. The zero-order valence-electron chi connectivity index (χ0n) is 5.60. The molecule has 2 unspecified atom stereocenters. The van der Waals surface area contributed by atoms with Crippen molar-refractivity contribution in [3.8, 4) is 0 Å². The average molecular weight is 132 g/mol. The van der Waals surface area contributed by atoms with Crippen LogP contribution in [-0.2, 0) is 10.8 Å². The second-order valence-corrected chi connectivity index (χ2v) is 5.09. The maximum atomic E-state index is 10.9. The third-order valence-electron chi connectivity index (χ3n) is 2.17. The van der Waals surface area contributed by atoms with Gasteiger partial charge in [0.15, 0.2) is 0 Å². The Morgan fingerprint density at radius 3 is 2.12 bits per heavy atom. The molecule has 2 heteroatoms. The summed E-state index contributed by atoms with van der Waals surface area (Å²) < 4.78 is 11.0. The van der Waals surface area contributed by atoms with Crippen LogP contribution in [0, 0.1) is 5.92 Å². The highest BCUT2D eigenvalue weighted by Crippen LogP contribution is 2.34. The maximum absolute atomic E-state index is 10.9. The molecule has 48 valence electrons. The lowest BCUT2D eigenvalue weighted by atomic mass is 9.98. The Hall–Kier alpha value is 0.150. The van der Waals surface area contributed by atoms with E-state index in [2.05, 4.69) is 20.8 Å². The van der Waals surface area contributed by atoms with Gasteiger partial charge in [-0.15, -0.1) is 0 Å².